The smallest absolute Gasteiger partial charge is 0.237 e. The van der Waals surface area contributed by atoms with E-state index in [1.165, 1.54) is 0 Å². The number of rotatable bonds is 5. The van der Waals surface area contributed by atoms with E-state index in [0.29, 0.717) is 16.7 Å². The maximum Gasteiger partial charge on any atom is 0.237 e. The number of anilines is 1. The summed E-state index contributed by atoms with van der Waals surface area (Å²) in [4.78, 5) is 4.07. The van der Waals surface area contributed by atoms with E-state index in [-0.39, 0.29) is 0 Å². The summed E-state index contributed by atoms with van der Waals surface area (Å²) in [6, 6.07) is 11.1. The molecule has 2 aromatic rings. The normalized spacial score (nSPS) is 10.3. The summed E-state index contributed by atoms with van der Waals surface area (Å²) in [5.74, 6) is 1.20. The van der Waals surface area contributed by atoms with Crippen LogP contribution < -0.4 is 20.2 Å². The van der Waals surface area contributed by atoms with Gasteiger partial charge in [0.15, 0.2) is 5.11 Å². The zero-order chi connectivity index (χ0) is 15.8. The summed E-state index contributed by atoms with van der Waals surface area (Å²) >= 11 is 5.17. The minimum Gasteiger partial charge on any atom is -0.496 e. The number of hydrogen-bond donors (Lipinski definition) is 2. The Bertz CT molecular complexity index is 676. The van der Waals surface area contributed by atoms with Crippen LogP contribution in [0, 0.1) is 0 Å². The largest absolute Gasteiger partial charge is 0.496 e. The fourth-order valence-corrected chi connectivity index (χ4v) is 1.90. The Kier molecular flexibility index (Phi) is 5.67. The van der Waals surface area contributed by atoms with Gasteiger partial charge in [-0.05, 0) is 36.5 Å². The molecule has 1 heterocycles. The summed E-state index contributed by atoms with van der Waals surface area (Å²) in [7, 11) is 3.16. The fraction of sp³-hybridized carbons (Fsp3) is 0.133. The van der Waals surface area contributed by atoms with Crippen molar-refractivity contribution < 1.29 is 9.47 Å². The molecule has 1 aromatic carbocycles. The lowest BCUT2D eigenvalue weighted by molar-refractivity contribution is 0.400. The maximum absolute atomic E-state index is 5.24. The lowest BCUT2D eigenvalue weighted by Crippen LogP contribution is -2.24. The van der Waals surface area contributed by atoms with Crippen LogP contribution in [0.25, 0.3) is 0 Å². The molecule has 0 spiro atoms. The summed E-state index contributed by atoms with van der Waals surface area (Å²) in [5, 5.41) is 7.38. The zero-order valence-electron chi connectivity index (χ0n) is 12.2. The first-order valence-corrected chi connectivity index (χ1v) is 6.87. The summed E-state index contributed by atoms with van der Waals surface area (Å²) in [6.07, 6.45) is 3.27. The highest BCUT2D eigenvalue weighted by molar-refractivity contribution is 7.80. The number of nitrogens with one attached hydrogen (secondary N) is 2. The Morgan fingerprint density at radius 2 is 2.00 bits per heavy atom. The number of hydrogen-bond acceptors (Lipinski definition) is 5. The molecule has 0 bridgehead atoms. The van der Waals surface area contributed by atoms with E-state index >= 15 is 0 Å². The van der Waals surface area contributed by atoms with Crippen molar-refractivity contribution in [2.24, 2.45) is 5.10 Å². The van der Waals surface area contributed by atoms with Crippen LogP contribution in [0.5, 0.6) is 11.6 Å². The predicted molar refractivity (Wildman–Crippen MR) is 90.7 cm³/mol. The second-order valence-electron chi connectivity index (χ2n) is 4.13. The molecule has 114 valence electrons. The van der Waals surface area contributed by atoms with Crippen LogP contribution in [0.3, 0.4) is 0 Å². The van der Waals surface area contributed by atoms with E-state index in [0.717, 1.165) is 11.3 Å². The van der Waals surface area contributed by atoms with Gasteiger partial charge in [-0.3, -0.25) is 5.43 Å². The number of aromatic nitrogens is 1. The quantitative estimate of drug-likeness (QED) is 0.502. The number of methoxy groups -OCH3 is 2. The first-order chi connectivity index (χ1) is 10.7. The SMILES string of the molecule is COc1ccccc1/C=N/NC(=S)Nc1cccnc1OC. The zero-order valence-corrected chi connectivity index (χ0v) is 13.1. The molecule has 0 atom stereocenters. The van der Waals surface area contributed by atoms with Crippen molar-refractivity contribution >= 4 is 29.2 Å². The Labute approximate surface area is 134 Å². The van der Waals surface area contributed by atoms with E-state index in [1.807, 2.05) is 30.3 Å². The molecule has 0 fully saturated rings. The van der Waals surface area contributed by atoms with Crippen LogP contribution >= 0.6 is 12.2 Å². The molecule has 1 aromatic heterocycles. The summed E-state index contributed by atoms with van der Waals surface area (Å²) < 4.78 is 10.4. The van der Waals surface area contributed by atoms with Crippen molar-refractivity contribution in [1.82, 2.24) is 10.4 Å². The first-order valence-electron chi connectivity index (χ1n) is 6.46. The first kappa shape index (κ1) is 15.7. The second kappa shape index (κ2) is 7.94. The highest BCUT2D eigenvalue weighted by atomic mass is 32.1. The van der Waals surface area contributed by atoms with Gasteiger partial charge < -0.3 is 14.8 Å². The molecule has 7 heteroatoms. The highest BCUT2D eigenvalue weighted by Gasteiger charge is 2.04. The number of nitrogens with zero attached hydrogens (tertiary/aromatic N) is 2. The molecule has 0 unspecified atom stereocenters. The Morgan fingerprint density at radius 3 is 2.77 bits per heavy atom. The number of thiocarbonyl (C=S) groups is 1. The van der Waals surface area contributed by atoms with Gasteiger partial charge >= 0.3 is 0 Å². The third kappa shape index (κ3) is 4.16. The van der Waals surface area contributed by atoms with Gasteiger partial charge in [-0.1, -0.05) is 12.1 Å². The molecule has 6 nitrogen and oxygen atoms in total. The highest BCUT2D eigenvalue weighted by Crippen LogP contribution is 2.19. The minimum absolute atomic E-state index is 0.331. The van der Waals surface area contributed by atoms with Gasteiger partial charge in [0.2, 0.25) is 5.88 Å². The standard InChI is InChI=1S/C15H16N4O2S/c1-20-13-8-4-3-6-11(13)10-17-19-15(22)18-12-7-5-9-16-14(12)21-2/h3-10H,1-2H3,(H2,18,19,22)/b17-10+. The van der Waals surface area contributed by atoms with E-state index < -0.39 is 0 Å². The number of benzene rings is 1. The van der Waals surface area contributed by atoms with Crippen LogP contribution in [0.4, 0.5) is 5.69 Å². The van der Waals surface area contributed by atoms with Crippen molar-refractivity contribution in [3.8, 4) is 11.6 Å². The third-order valence-electron chi connectivity index (χ3n) is 2.72. The van der Waals surface area contributed by atoms with Gasteiger partial charge in [-0.15, -0.1) is 0 Å². The van der Waals surface area contributed by atoms with Gasteiger partial charge in [0.1, 0.15) is 11.4 Å². The molecule has 0 amide bonds. The third-order valence-corrected chi connectivity index (χ3v) is 2.91. The van der Waals surface area contributed by atoms with Gasteiger partial charge in [-0.2, -0.15) is 5.10 Å². The van der Waals surface area contributed by atoms with Gasteiger partial charge in [0.05, 0.1) is 20.4 Å². The van der Waals surface area contributed by atoms with Gasteiger partial charge in [-0.25, -0.2) is 4.98 Å². The van der Waals surface area contributed by atoms with Crippen LogP contribution in [0.15, 0.2) is 47.7 Å². The molecule has 0 aliphatic carbocycles. The molecular formula is C15H16N4O2S. The minimum atomic E-state index is 0.331. The average Bonchev–Trinajstić information content (AvgIpc) is 2.55. The van der Waals surface area contributed by atoms with Gasteiger partial charge in [0.25, 0.3) is 0 Å². The number of ether oxygens (including phenoxy) is 2. The Morgan fingerprint density at radius 1 is 1.18 bits per heavy atom. The van der Waals surface area contributed by atoms with Crippen molar-refractivity contribution in [3.63, 3.8) is 0 Å². The van der Waals surface area contributed by atoms with Crippen LogP contribution in [-0.2, 0) is 0 Å². The van der Waals surface area contributed by atoms with Crippen molar-refractivity contribution in [2.45, 2.75) is 0 Å². The monoisotopic (exact) mass is 316 g/mol. The number of pyridine rings is 1. The summed E-state index contributed by atoms with van der Waals surface area (Å²) in [6.45, 7) is 0. The molecule has 0 saturated carbocycles. The summed E-state index contributed by atoms with van der Waals surface area (Å²) in [5.41, 5.74) is 4.24. The van der Waals surface area contributed by atoms with Crippen LogP contribution in [-0.4, -0.2) is 30.5 Å². The maximum atomic E-state index is 5.24. The molecule has 22 heavy (non-hydrogen) atoms. The van der Waals surface area contributed by atoms with Gasteiger partial charge in [0, 0.05) is 11.8 Å². The Hall–Kier alpha value is -2.67. The lowest BCUT2D eigenvalue weighted by atomic mass is 10.2. The topological polar surface area (TPSA) is 67.8 Å². The number of hydrazone groups is 1. The predicted octanol–water partition coefficient (Wildman–Crippen LogP) is 2.42. The van der Waals surface area contributed by atoms with Crippen molar-refractivity contribution in [1.29, 1.82) is 0 Å². The van der Waals surface area contributed by atoms with E-state index in [2.05, 4.69) is 20.8 Å². The van der Waals surface area contributed by atoms with E-state index in [4.69, 9.17) is 21.7 Å². The molecule has 2 rings (SSSR count). The lowest BCUT2D eigenvalue weighted by Gasteiger charge is -2.09. The van der Waals surface area contributed by atoms with E-state index in [9.17, 15) is 0 Å². The second-order valence-corrected chi connectivity index (χ2v) is 4.53. The van der Waals surface area contributed by atoms with E-state index in [1.54, 1.807) is 32.7 Å². The molecule has 0 saturated heterocycles. The molecular weight excluding hydrogens is 300 g/mol. The molecule has 0 radical (unpaired) electrons. The average molecular weight is 316 g/mol. The molecule has 0 aliphatic rings. The number of para-hydroxylation sites is 1. The molecule has 0 aliphatic heterocycles. The Balaban J connectivity index is 1.96. The molecule has 2 N–H and O–H groups in total. The fourth-order valence-electron chi connectivity index (χ4n) is 1.73. The van der Waals surface area contributed by atoms with Crippen LogP contribution in [0.1, 0.15) is 5.56 Å². The van der Waals surface area contributed by atoms with Crippen molar-refractivity contribution in [2.75, 3.05) is 19.5 Å². The van der Waals surface area contributed by atoms with Crippen molar-refractivity contribution in [3.05, 3.63) is 48.2 Å². The van der Waals surface area contributed by atoms with Crippen LogP contribution in [0.2, 0.25) is 0 Å².